The van der Waals surface area contributed by atoms with Gasteiger partial charge in [-0.3, -0.25) is 4.79 Å². The van der Waals surface area contributed by atoms with E-state index in [4.69, 9.17) is 20.8 Å². The van der Waals surface area contributed by atoms with Crippen LogP contribution in [0.4, 0.5) is 5.69 Å². The van der Waals surface area contributed by atoms with Crippen LogP contribution in [0.1, 0.15) is 12.7 Å². The first kappa shape index (κ1) is 18.3. The maximum absolute atomic E-state index is 12.5. The van der Waals surface area contributed by atoms with Gasteiger partial charge >= 0.3 is 0 Å². The van der Waals surface area contributed by atoms with Crippen LogP contribution >= 0.6 is 23.4 Å². The summed E-state index contributed by atoms with van der Waals surface area (Å²) in [5, 5.41) is 11.6. The van der Waals surface area contributed by atoms with Crippen LogP contribution in [-0.2, 0) is 11.3 Å². The SMILES string of the molecule is COc1ccc(Cl)cc1NC(=O)C(C)Sc1nncn1Cc1ccco1. The van der Waals surface area contributed by atoms with Crippen LogP contribution in [0.25, 0.3) is 0 Å². The standard InChI is InChI=1S/C17H17ClN4O3S/c1-11(16(23)20-14-8-12(18)5-6-15(14)24-2)26-17-21-19-10-22(17)9-13-4-3-7-25-13/h3-8,10-11H,9H2,1-2H3,(H,20,23). The van der Waals surface area contributed by atoms with Crippen molar-refractivity contribution in [1.29, 1.82) is 0 Å². The van der Waals surface area contributed by atoms with Crippen LogP contribution in [-0.4, -0.2) is 33.0 Å². The average molecular weight is 393 g/mol. The summed E-state index contributed by atoms with van der Waals surface area (Å²) >= 11 is 7.30. The highest BCUT2D eigenvalue weighted by molar-refractivity contribution is 8.00. The van der Waals surface area contributed by atoms with Gasteiger partial charge in [-0.1, -0.05) is 23.4 Å². The molecule has 1 aromatic carbocycles. The van der Waals surface area contributed by atoms with E-state index in [0.717, 1.165) is 5.76 Å². The van der Waals surface area contributed by atoms with Crippen molar-refractivity contribution in [3.05, 3.63) is 53.7 Å². The lowest BCUT2D eigenvalue weighted by Gasteiger charge is -2.14. The van der Waals surface area contributed by atoms with Crippen LogP contribution in [0.2, 0.25) is 5.02 Å². The molecule has 2 heterocycles. The molecule has 0 fully saturated rings. The molecule has 0 radical (unpaired) electrons. The minimum atomic E-state index is -0.404. The van der Waals surface area contributed by atoms with Crippen LogP contribution in [0.15, 0.2) is 52.5 Å². The molecular formula is C17H17ClN4O3S. The average Bonchev–Trinajstić information content (AvgIpc) is 3.28. The van der Waals surface area contributed by atoms with Crippen LogP contribution in [0.5, 0.6) is 5.75 Å². The van der Waals surface area contributed by atoms with Gasteiger partial charge < -0.3 is 19.0 Å². The molecule has 0 bridgehead atoms. The predicted molar refractivity (Wildman–Crippen MR) is 99.8 cm³/mol. The Morgan fingerprint density at radius 2 is 2.31 bits per heavy atom. The third kappa shape index (κ3) is 4.39. The van der Waals surface area contributed by atoms with E-state index in [2.05, 4.69) is 15.5 Å². The summed E-state index contributed by atoms with van der Waals surface area (Å²) in [5.74, 6) is 1.14. The summed E-state index contributed by atoms with van der Waals surface area (Å²) in [6, 6.07) is 8.74. The number of amides is 1. The van der Waals surface area contributed by atoms with E-state index in [0.29, 0.717) is 28.2 Å². The zero-order valence-electron chi connectivity index (χ0n) is 14.2. The summed E-state index contributed by atoms with van der Waals surface area (Å²) in [4.78, 5) is 12.5. The maximum Gasteiger partial charge on any atom is 0.237 e. The van der Waals surface area contributed by atoms with E-state index in [1.54, 1.807) is 37.7 Å². The smallest absolute Gasteiger partial charge is 0.237 e. The third-order valence-corrected chi connectivity index (χ3v) is 4.89. The fourth-order valence-corrected chi connectivity index (χ4v) is 3.23. The first-order valence-corrected chi connectivity index (χ1v) is 9.04. The number of hydrogen-bond acceptors (Lipinski definition) is 6. The molecule has 0 aliphatic carbocycles. The summed E-state index contributed by atoms with van der Waals surface area (Å²) < 4.78 is 12.4. The molecule has 0 spiro atoms. The first-order chi connectivity index (χ1) is 12.6. The fourth-order valence-electron chi connectivity index (χ4n) is 2.24. The number of aromatic nitrogens is 3. The van der Waals surface area contributed by atoms with Gasteiger partial charge in [0.05, 0.1) is 30.9 Å². The number of carbonyl (C=O) groups is 1. The molecule has 0 aliphatic heterocycles. The van der Waals surface area contributed by atoms with Gasteiger partial charge in [-0.2, -0.15) is 0 Å². The summed E-state index contributed by atoms with van der Waals surface area (Å²) in [5.41, 5.74) is 0.523. The van der Waals surface area contributed by atoms with Crippen molar-refractivity contribution < 1.29 is 13.9 Å². The normalized spacial score (nSPS) is 12.0. The topological polar surface area (TPSA) is 82.2 Å². The highest BCUT2D eigenvalue weighted by Gasteiger charge is 2.19. The van der Waals surface area contributed by atoms with Gasteiger partial charge in [0, 0.05) is 5.02 Å². The van der Waals surface area contributed by atoms with E-state index >= 15 is 0 Å². The Morgan fingerprint density at radius 1 is 1.46 bits per heavy atom. The molecule has 0 aliphatic rings. The van der Waals surface area contributed by atoms with Crippen molar-refractivity contribution in [2.75, 3.05) is 12.4 Å². The van der Waals surface area contributed by atoms with E-state index in [1.165, 1.54) is 18.9 Å². The van der Waals surface area contributed by atoms with Gasteiger partial charge in [0.1, 0.15) is 17.8 Å². The highest BCUT2D eigenvalue weighted by Crippen LogP contribution is 2.29. The number of anilines is 1. The highest BCUT2D eigenvalue weighted by atomic mass is 35.5. The first-order valence-electron chi connectivity index (χ1n) is 7.78. The van der Waals surface area contributed by atoms with E-state index in [1.807, 2.05) is 16.7 Å². The number of furan rings is 1. The number of ether oxygens (including phenoxy) is 1. The number of carbonyl (C=O) groups excluding carboxylic acids is 1. The monoisotopic (exact) mass is 392 g/mol. The van der Waals surface area contributed by atoms with Gasteiger partial charge in [-0.25, -0.2) is 0 Å². The summed E-state index contributed by atoms with van der Waals surface area (Å²) in [7, 11) is 1.54. The number of methoxy groups -OCH3 is 1. The number of thioether (sulfide) groups is 1. The van der Waals surface area contributed by atoms with E-state index in [-0.39, 0.29) is 5.91 Å². The van der Waals surface area contributed by atoms with Crippen molar-refractivity contribution in [3.8, 4) is 5.75 Å². The molecule has 0 saturated carbocycles. The lowest BCUT2D eigenvalue weighted by atomic mass is 10.3. The Morgan fingerprint density at radius 3 is 3.04 bits per heavy atom. The number of nitrogens with one attached hydrogen (secondary N) is 1. The number of nitrogens with zero attached hydrogens (tertiary/aromatic N) is 3. The Balaban J connectivity index is 1.67. The third-order valence-electron chi connectivity index (χ3n) is 3.56. The molecule has 1 atom stereocenters. The minimum absolute atomic E-state index is 0.192. The van der Waals surface area contributed by atoms with Gasteiger partial charge in [0.15, 0.2) is 5.16 Å². The van der Waals surface area contributed by atoms with Crippen molar-refractivity contribution in [2.45, 2.75) is 23.9 Å². The van der Waals surface area contributed by atoms with Crippen molar-refractivity contribution in [2.24, 2.45) is 0 Å². The number of rotatable bonds is 7. The minimum Gasteiger partial charge on any atom is -0.495 e. The van der Waals surface area contributed by atoms with Crippen LogP contribution < -0.4 is 10.1 Å². The molecule has 1 amide bonds. The van der Waals surface area contributed by atoms with Crippen molar-refractivity contribution in [3.63, 3.8) is 0 Å². The second-order valence-electron chi connectivity index (χ2n) is 5.41. The molecular weight excluding hydrogens is 376 g/mol. The van der Waals surface area contributed by atoms with Gasteiger partial charge in [-0.05, 0) is 37.3 Å². The molecule has 136 valence electrons. The zero-order chi connectivity index (χ0) is 18.5. The molecule has 0 saturated heterocycles. The molecule has 2 aromatic heterocycles. The van der Waals surface area contributed by atoms with Crippen molar-refractivity contribution in [1.82, 2.24) is 14.8 Å². The van der Waals surface area contributed by atoms with E-state index in [9.17, 15) is 4.79 Å². The fraction of sp³-hybridized carbons (Fsp3) is 0.235. The summed E-state index contributed by atoms with van der Waals surface area (Å²) in [6.45, 7) is 2.29. The molecule has 9 heteroatoms. The lowest BCUT2D eigenvalue weighted by molar-refractivity contribution is -0.115. The number of hydrogen-bond donors (Lipinski definition) is 1. The predicted octanol–water partition coefficient (Wildman–Crippen LogP) is 3.70. The second kappa shape index (κ2) is 8.29. The van der Waals surface area contributed by atoms with Crippen LogP contribution in [0, 0.1) is 0 Å². The zero-order valence-corrected chi connectivity index (χ0v) is 15.8. The number of benzene rings is 1. The molecule has 7 nitrogen and oxygen atoms in total. The summed E-state index contributed by atoms with van der Waals surface area (Å²) in [6.07, 6.45) is 3.22. The Hall–Kier alpha value is -2.45. The molecule has 26 heavy (non-hydrogen) atoms. The molecule has 3 rings (SSSR count). The maximum atomic E-state index is 12.5. The van der Waals surface area contributed by atoms with Crippen LogP contribution in [0.3, 0.4) is 0 Å². The molecule has 3 aromatic rings. The lowest BCUT2D eigenvalue weighted by Crippen LogP contribution is -2.23. The molecule has 1 unspecified atom stereocenters. The largest absolute Gasteiger partial charge is 0.495 e. The van der Waals surface area contributed by atoms with Crippen molar-refractivity contribution >= 4 is 35.0 Å². The molecule has 1 N–H and O–H groups in total. The quantitative estimate of drug-likeness (QED) is 0.617. The van der Waals surface area contributed by atoms with E-state index < -0.39 is 5.25 Å². The Bertz CT molecular complexity index is 882. The van der Waals surface area contributed by atoms with Gasteiger partial charge in [0.2, 0.25) is 5.91 Å². The van der Waals surface area contributed by atoms with Gasteiger partial charge in [-0.15, -0.1) is 10.2 Å². The second-order valence-corrected chi connectivity index (χ2v) is 7.16. The Kier molecular flexibility index (Phi) is 5.85. The number of halogens is 1. The Labute approximate surface area is 159 Å². The van der Waals surface area contributed by atoms with Gasteiger partial charge in [0.25, 0.3) is 0 Å².